The molecule has 0 heterocycles. The Morgan fingerprint density at radius 2 is 2.33 bits per heavy atom. The molecule has 9 heavy (non-hydrogen) atoms. The van der Waals surface area contributed by atoms with Crippen molar-refractivity contribution in [3.8, 4) is 0 Å². The van der Waals surface area contributed by atoms with E-state index in [2.05, 4.69) is 28.7 Å². The minimum absolute atomic E-state index is 0.746. The van der Waals surface area contributed by atoms with E-state index in [9.17, 15) is 0 Å². The van der Waals surface area contributed by atoms with Gasteiger partial charge in [-0.25, -0.2) is 0 Å². The topological polar surface area (TPSA) is 26.0 Å². The molecular weight excluding hydrogens is 225 g/mol. The van der Waals surface area contributed by atoms with Gasteiger partial charge in [-0.15, -0.1) is 0 Å². The van der Waals surface area contributed by atoms with Gasteiger partial charge in [-0.1, -0.05) is 0 Å². The number of halogens is 1. The van der Waals surface area contributed by atoms with Crippen LogP contribution in [0.1, 0.15) is 5.56 Å². The van der Waals surface area contributed by atoms with Gasteiger partial charge in [0, 0.05) is 15.3 Å². The fourth-order valence-corrected chi connectivity index (χ4v) is 1.21. The third-order valence-corrected chi connectivity index (χ3v) is 1.77. The fourth-order valence-electron chi connectivity index (χ4n) is 0.587. The highest BCUT2D eigenvalue weighted by Gasteiger charge is 1.91. The van der Waals surface area contributed by atoms with Gasteiger partial charge in [-0.05, 0) is 47.2 Å². The van der Waals surface area contributed by atoms with E-state index >= 15 is 0 Å². The van der Waals surface area contributed by atoms with Crippen LogP contribution in [0, 0.1) is 16.6 Å². The standard InChI is InChI=1S/C7H7IN/c1-5-4-6(8)2-3-7(5)9/h2,4H,9H2,1H3. The Bertz CT molecular complexity index is 220. The minimum atomic E-state index is 0.746. The highest BCUT2D eigenvalue weighted by molar-refractivity contribution is 14.1. The summed E-state index contributed by atoms with van der Waals surface area (Å²) >= 11 is 2.24. The average molecular weight is 232 g/mol. The molecule has 0 atom stereocenters. The number of hydrogen-bond donors (Lipinski definition) is 1. The van der Waals surface area contributed by atoms with Gasteiger partial charge in [-0.2, -0.15) is 0 Å². The molecule has 0 amide bonds. The smallest absolute Gasteiger partial charge is 0.0424 e. The van der Waals surface area contributed by atoms with Gasteiger partial charge < -0.3 is 5.73 Å². The fraction of sp³-hybridized carbons (Fsp3) is 0.143. The van der Waals surface area contributed by atoms with Crippen LogP contribution >= 0.6 is 22.6 Å². The Hall–Kier alpha value is -0.250. The van der Waals surface area contributed by atoms with Crippen molar-refractivity contribution in [1.82, 2.24) is 0 Å². The zero-order chi connectivity index (χ0) is 6.85. The summed E-state index contributed by atoms with van der Waals surface area (Å²) < 4.78 is 1.18. The molecule has 1 nitrogen and oxygen atoms in total. The number of nitrogens with two attached hydrogens (primary N) is 1. The lowest BCUT2D eigenvalue weighted by molar-refractivity contribution is 1.44. The number of anilines is 1. The summed E-state index contributed by atoms with van der Waals surface area (Å²) in [6.45, 7) is 1.98. The molecule has 0 aliphatic carbocycles. The first-order chi connectivity index (χ1) is 4.20. The lowest BCUT2D eigenvalue weighted by Crippen LogP contribution is -1.88. The zero-order valence-electron chi connectivity index (χ0n) is 5.11. The Kier molecular flexibility index (Phi) is 1.95. The second kappa shape index (κ2) is 2.56. The van der Waals surface area contributed by atoms with E-state index in [4.69, 9.17) is 5.73 Å². The number of benzene rings is 1. The Balaban J connectivity index is 3.17. The molecule has 0 saturated carbocycles. The van der Waals surface area contributed by atoms with Gasteiger partial charge in [0.1, 0.15) is 0 Å². The molecule has 0 bridgehead atoms. The first-order valence-corrected chi connectivity index (χ1v) is 3.71. The van der Waals surface area contributed by atoms with Crippen molar-refractivity contribution in [2.45, 2.75) is 6.92 Å². The highest BCUT2D eigenvalue weighted by atomic mass is 127. The van der Waals surface area contributed by atoms with Crippen LogP contribution in [-0.2, 0) is 0 Å². The van der Waals surface area contributed by atoms with Crippen LogP contribution < -0.4 is 5.73 Å². The Labute approximate surface area is 68.4 Å². The van der Waals surface area contributed by atoms with Gasteiger partial charge in [0.05, 0.1) is 0 Å². The van der Waals surface area contributed by atoms with Crippen molar-refractivity contribution in [1.29, 1.82) is 0 Å². The molecule has 0 unspecified atom stereocenters. The van der Waals surface area contributed by atoms with Crippen LogP contribution in [0.5, 0.6) is 0 Å². The third kappa shape index (κ3) is 1.58. The predicted octanol–water partition coefficient (Wildman–Crippen LogP) is 1.98. The molecule has 2 N–H and O–H groups in total. The molecule has 2 heteroatoms. The van der Waals surface area contributed by atoms with Crippen LogP contribution in [0.2, 0.25) is 0 Å². The van der Waals surface area contributed by atoms with E-state index in [1.54, 1.807) is 0 Å². The van der Waals surface area contributed by atoms with Gasteiger partial charge in [0.25, 0.3) is 0 Å². The normalized spacial score (nSPS) is 9.56. The van der Waals surface area contributed by atoms with E-state index < -0.39 is 0 Å². The molecule has 0 aliphatic rings. The lowest BCUT2D eigenvalue weighted by Gasteiger charge is -1.96. The van der Waals surface area contributed by atoms with Crippen molar-refractivity contribution < 1.29 is 0 Å². The zero-order valence-corrected chi connectivity index (χ0v) is 7.27. The van der Waals surface area contributed by atoms with Crippen molar-refractivity contribution in [2.75, 3.05) is 5.73 Å². The summed E-state index contributed by atoms with van der Waals surface area (Å²) in [5.74, 6) is 0. The maximum atomic E-state index is 5.53. The molecule has 0 aromatic heterocycles. The molecule has 1 aromatic carbocycles. The number of hydrogen-bond acceptors (Lipinski definition) is 1. The highest BCUT2D eigenvalue weighted by Crippen LogP contribution is 2.12. The van der Waals surface area contributed by atoms with Crippen LogP contribution in [0.15, 0.2) is 12.1 Å². The van der Waals surface area contributed by atoms with Gasteiger partial charge in [0.2, 0.25) is 0 Å². The molecule has 0 aliphatic heterocycles. The number of rotatable bonds is 0. The van der Waals surface area contributed by atoms with Crippen LogP contribution in [0.3, 0.4) is 0 Å². The van der Waals surface area contributed by atoms with E-state index in [0.717, 1.165) is 11.3 Å². The SMILES string of the molecule is Cc1cc(I)c[c]c1N. The summed E-state index contributed by atoms with van der Waals surface area (Å²) in [5, 5.41) is 0. The number of aryl methyl sites for hydroxylation is 1. The molecular formula is C7H7IN. The average Bonchev–Trinajstić information content (AvgIpc) is 1.80. The van der Waals surface area contributed by atoms with Crippen molar-refractivity contribution in [2.24, 2.45) is 0 Å². The summed E-state index contributed by atoms with van der Waals surface area (Å²) in [6.07, 6.45) is 0. The van der Waals surface area contributed by atoms with E-state index in [0.29, 0.717) is 0 Å². The lowest BCUT2D eigenvalue weighted by atomic mass is 10.2. The largest absolute Gasteiger partial charge is 0.398 e. The summed E-state index contributed by atoms with van der Waals surface area (Å²) in [4.78, 5) is 0. The second-order valence-electron chi connectivity index (χ2n) is 1.91. The van der Waals surface area contributed by atoms with Gasteiger partial charge in [0.15, 0.2) is 0 Å². The molecule has 0 fully saturated rings. The Morgan fingerprint density at radius 3 is 2.78 bits per heavy atom. The predicted molar refractivity (Wildman–Crippen MR) is 47.1 cm³/mol. The van der Waals surface area contributed by atoms with Crippen LogP contribution in [0.4, 0.5) is 5.69 Å². The van der Waals surface area contributed by atoms with E-state index in [1.807, 2.05) is 19.1 Å². The van der Waals surface area contributed by atoms with E-state index in [-0.39, 0.29) is 0 Å². The quantitative estimate of drug-likeness (QED) is 0.537. The molecule has 0 saturated heterocycles. The van der Waals surface area contributed by atoms with Crippen molar-refractivity contribution >= 4 is 28.3 Å². The first kappa shape index (κ1) is 6.86. The first-order valence-electron chi connectivity index (χ1n) is 2.63. The van der Waals surface area contributed by atoms with Crippen molar-refractivity contribution in [3.63, 3.8) is 0 Å². The summed E-state index contributed by atoms with van der Waals surface area (Å²) in [7, 11) is 0. The van der Waals surface area contributed by atoms with Crippen molar-refractivity contribution in [3.05, 3.63) is 27.3 Å². The summed E-state index contributed by atoms with van der Waals surface area (Å²) in [5.41, 5.74) is 7.37. The Morgan fingerprint density at radius 1 is 1.67 bits per heavy atom. The van der Waals surface area contributed by atoms with Crippen LogP contribution in [-0.4, -0.2) is 0 Å². The molecule has 0 spiro atoms. The summed E-state index contributed by atoms with van der Waals surface area (Å²) in [6, 6.07) is 6.85. The minimum Gasteiger partial charge on any atom is -0.398 e. The monoisotopic (exact) mass is 232 g/mol. The second-order valence-corrected chi connectivity index (χ2v) is 3.16. The molecule has 1 aromatic rings. The van der Waals surface area contributed by atoms with Crippen LogP contribution in [0.25, 0.3) is 0 Å². The molecule has 47 valence electrons. The number of nitrogen functional groups attached to an aromatic ring is 1. The van der Waals surface area contributed by atoms with Gasteiger partial charge in [-0.3, -0.25) is 0 Å². The maximum Gasteiger partial charge on any atom is 0.0424 e. The van der Waals surface area contributed by atoms with E-state index in [1.165, 1.54) is 3.57 Å². The van der Waals surface area contributed by atoms with Gasteiger partial charge >= 0.3 is 0 Å². The maximum absolute atomic E-state index is 5.53. The molecule has 1 rings (SSSR count). The third-order valence-electron chi connectivity index (χ3n) is 1.14. The molecule has 1 radical (unpaired) electrons.